The number of benzene rings is 2. The van der Waals surface area contributed by atoms with Crippen molar-refractivity contribution in [2.24, 2.45) is 0 Å². The van der Waals surface area contributed by atoms with E-state index in [0.29, 0.717) is 22.1 Å². The van der Waals surface area contributed by atoms with E-state index in [0.717, 1.165) is 16.5 Å². The molecule has 1 heterocycles. The molecule has 3 rings (SSSR count). The fraction of sp³-hybridized carbons (Fsp3) is 0.158. The molecular weight excluding hydrogens is 446 g/mol. The summed E-state index contributed by atoms with van der Waals surface area (Å²) in [5.74, 6) is 0.335. The molecule has 2 aromatic carbocycles. The molecular formula is C19H16BrN3O4S. The first kappa shape index (κ1) is 20.0. The second-order valence-electron chi connectivity index (χ2n) is 5.79. The predicted octanol–water partition coefficient (Wildman–Crippen LogP) is 5.06. The maximum Gasteiger partial charge on any atom is 0.270 e. The van der Waals surface area contributed by atoms with Crippen LogP contribution in [0.2, 0.25) is 0 Å². The highest BCUT2D eigenvalue weighted by atomic mass is 79.9. The highest BCUT2D eigenvalue weighted by Gasteiger charge is 2.12. The van der Waals surface area contributed by atoms with Crippen molar-refractivity contribution in [1.82, 2.24) is 4.98 Å². The van der Waals surface area contributed by atoms with Gasteiger partial charge in [-0.1, -0.05) is 35.0 Å². The number of nitrogens with one attached hydrogen (secondary N) is 1. The number of carbonyl (C=O) groups is 1. The largest absolute Gasteiger partial charge is 0.483 e. The molecule has 0 aliphatic heterocycles. The van der Waals surface area contributed by atoms with Crippen LogP contribution in [0.4, 0.5) is 10.8 Å². The van der Waals surface area contributed by atoms with Crippen LogP contribution in [0.15, 0.2) is 52.3 Å². The Labute approximate surface area is 173 Å². The number of nitro benzene ring substituents is 1. The number of thiazole rings is 1. The number of amides is 1. The van der Waals surface area contributed by atoms with E-state index in [9.17, 15) is 14.9 Å². The van der Waals surface area contributed by atoms with Gasteiger partial charge in [-0.3, -0.25) is 20.2 Å². The second kappa shape index (κ2) is 8.94. The molecule has 7 nitrogen and oxygen atoms in total. The fourth-order valence-corrected chi connectivity index (χ4v) is 3.65. The van der Waals surface area contributed by atoms with E-state index in [-0.39, 0.29) is 18.2 Å². The molecule has 0 bridgehead atoms. The molecule has 1 amide bonds. The number of ether oxygens (including phenoxy) is 1. The van der Waals surface area contributed by atoms with Crippen molar-refractivity contribution in [1.29, 1.82) is 0 Å². The van der Waals surface area contributed by atoms with Crippen molar-refractivity contribution in [3.05, 3.63) is 68.0 Å². The molecule has 0 atom stereocenters. The van der Waals surface area contributed by atoms with E-state index < -0.39 is 4.92 Å². The maximum atomic E-state index is 12.2. The Bertz CT molecular complexity index is 1020. The summed E-state index contributed by atoms with van der Waals surface area (Å²) in [6.07, 6.45) is 0.787. The smallest absolute Gasteiger partial charge is 0.270 e. The van der Waals surface area contributed by atoms with Gasteiger partial charge in [-0.25, -0.2) is 4.98 Å². The third-order valence-corrected chi connectivity index (χ3v) is 5.12. The van der Waals surface area contributed by atoms with Gasteiger partial charge in [0.15, 0.2) is 11.7 Å². The van der Waals surface area contributed by atoms with Crippen LogP contribution in [-0.2, 0) is 11.2 Å². The Morgan fingerprint density at radius 1 is 1.32 bits per heavy atom. The third-order valence-electron chi connectivity index (χ3n) is 3.87. The zero-order valence-corrected chi connectivity index (χ0v) is 17.2. The molecule has 0 fully saturated rings. The number of halogens is 1. The topological polar surface area (TPSA) is 94.4 Å². The van der Waals surface area contributed by atoms with E-state index in [1.165, 1.54) is 23.5 Å². The maximum absolute atomic E-state index is 12.2. The van der Waals surface area contributed by atoms with Crippen LogP contribution in [0.5, 0.6) is 5.75 Å². The van der Waals surface area contributed by atoms with Crippen LogP contribution in [-0.4, -0.2) is 22.4 Å². The number of anilines is 1. The van der Waals surface area contributed by atoms with Crippen molar-refractivity contribution in [2.75, 3.05) is 11.9 Å². The normalized spacial score (nSPS) is 10.5. The lowest BCUT2D eigenvalue weighted by Gasteiger charge is -2.10. The van der Waals surface area contributed by atoms with Gasteiger partial charge in [0.05, 0.1) is 10.6 Å². The molecule has 3 aromatic rings. The summed E-state index contributed by atoms with van der Waals surface area (Å²) in [5.41, 5.74) is 2.17. The number of hydrogen-bond acceptors (Lipinski definition) is 6. The Hall–Kier alpha value is -2.78. The summed E-state index contributed by atoms with van der Waals surface area (Å²) >= 11 is 4.66. The molecule has 9 heteroatoms. The summed E-state index contributed by atoms with van der Waals surface area (Å²) in [5, 5.41) is 15.7. The van der Waals surface area contributed by atoms with Gasteiger partial charge in [0, 0.05) is 27.5 Å². The number of rotatable bonds is 7. The minimum Gasteiger partial charge on any atom is -0.483 e. The van der Waals surface area contributed by atoms with Crippen LogP contribution >= 0.6 is 27.3 Å². The zero-order valence-electron chi connectivity index (χ0n) is 14.8. The molecule has 0 aliphatic carbocycles. The van der Waals surface area contributed by atoms with E-state index in [2.05, 4.69) is 26.2 Å². The van der Waals surface area contributed by atoms with Crippen LogP contribution < -0.4 is 10.1 Å². The van der Waals surface area contributed by atoms with Crippen LogP contribution in [0.25, 0.3) is 11.3 Å². The van der Waals surface area contributed by atoms with Gasteiger partial charge < -0.3 is 4.74 Å². The van der Waals surface area contributed by atoms with E-state index >= 15 is 0 Å². The SMILES string of the molecule is CCc1cc(Br)ccc1OCC(=O)Nc1nc(-c2cccc([N+](=O)[O-])c2)cs1. The fourth-order valence-electron chi connectivity index (χ4n) is 2.51. The first-order valence-corrected chi connectivity index (χ1v) is 10.0. The van der Waals surface area contributed by atoms with Crippen molar-refractivity contribution >= 4 is 44.0 Å². The quantitative estimate of drug-likeness (QED) is 0.391. The molecule has 144 valence electrons. The van der Waals surface area contributed by atoms with Crippen LogP contribution in [0, 0.1) is 10.1 Å². The molecule has 0 radical (unpaired) electrons. The average molecular weight is 462 g/mol. The van der Waals surface area contributed by atoms with Gasteiger partial charge in [0.25, 0.3) is 11.6 Å². The predicted molar refractivity (Wildman–Crippen MR) is 112 cm³/mol. The number of aryl methyl sites for hydroxylation is 1. The van der Waals surface area contributed by atoms with Crippen molar-refractivity contribution in [2.45, 2.75) is 13.3 Å². The Morgan fingerprint density at radius 2 is 2.14 bits per heavy atom. The molecule has 0 unspecified atom stereocenters. The summed E-state index contributed by atoms with van der Waals surface area (Å²) in [6, 6.07) is 11.8. The second-order valence-corrected chi connectivity index (χ2v) is 7.56. The first-order chi connectivity index (χ1) is 13.5. The standard InChI is InChI=1S/C19H16BrN3O4S/c1-2-12-8-14(20)6-7-17(12)27-10-18(24)22-19-21-16(11-28-19)13-4-3-5-15(9-13)23(25)26/h3-9,11H,2,10H2,1H3,(H,21,22,24). The highest BCUT2D eigenvalue weighted by Crippen LogP contribution is 2.28. The lowest BCUT2D eigenvalue weighted by Crippen LogP contribution is -2.20. The molecule has 0 saturated heterocycles. The van der Waals surface area contributed by atoms with E-state index in [1.54, 1.807) is 17.5 Å². The Kier molecular flexibility index (Phi) is 6.37. The van der Waals surface area contributed by atoms with E-state index in [1.807, 2.05) is 25.1 Å². The van der Waals surface area contributed by atoms with Crippen LogP contribution in [0.1, 0.15) is 12.5 Å². The first-order valence-electron chi connectivity index (χ1n) is 8.37. The number of aromatic nitrogens is 1. The van der Waals surface area contributed by atoms with Gasteiger partial charge >= 0.3 is 0 Å². The van der Waals surface area contributed by atoms with Gasteiger partial charge in [-0.05, 0) is 30.2 Å². The molecule has 0 aliphatic rings. The molecule has 28 heavy (non-hydrogen) atoms. The van der Waals surface area contributed by atoms with Crippen LogP contribution in [0.3, 0.4) is 0 Å². The summed E-state index contributed by atoms with van der Waals surface area (Å²) in [4.78, 5) is 26.9. The van der Waals surface area contributed by atoms with Crippen molar-refractivity contribution < 1.29 is 14.5 Å². The van der Waals surface area contributed by atoms with Gasteiger partial charge in [0.1, 0.15) is 5.75 Å². The summed E-state index contributed by atoms with van der Waals surface area (Å²) in [6.45, 7) is 1.88. The Morgan fingerprint density at radius 3 is 2.89 bits per heavy atom. The third kappa shape index (κ3) is 4.93. The zero-order chi connectivity index (χ0) is 20.1. The number of nitrogens with zero attached hydrogens (tertiary/aromatic N) is 2. The van der Waals surface area contributed by atoms with Gasteiger partial charge in [0.2, 0.25) is 0 Å². The summed E-state index contributed by atoms with van der Waals surface area (Å²) in [7, 11) is 0. The minimum absolute atomic E-state index is 0.00860. The van der Waals surface area contributed by atoms with Gasteiger partial charge in [-0.15, -0.1) is 11.3 Å². The molecule has 0 spiro atoms. The molecule has 1 aromatic heterocycles. The lowest BCUT2D eigenvalue weighted by molar-refractivity contribution is -0.384. The molecule has 0 saturated carbocycles. The Balaban J connectivity index is 1.63. The van der Waals surface area contributed by atoms with Crippen molar-refractivity contribution in [3.63, 3.8) is 0 Å². The van der Waals surface area contributed by atoms with E-state index in [4.69, 9.17) is 4.74 Å². The lowest BCUT2D eigenvalue weighted by atomic mass is 10.1. The molecule has 1 N–H and O–H groups in total. The number of non-ortho nitro benzene ring substituents is 1. The number of hydrogen-bond donors (Lipinski definition) is 1. The summed E-state index contributed by atoms with van der Waals surface area (Å²) < 4.78 is 6.58. The number of nitro groups is 1. The minimum atomic E-state index is -0.456. The monoisotopic (exact) mass is 461 g/mol. The highest BCUT2D eigenvalue weighted by molar-refractivity contribution is 9.10. The number of carbonyl (C=O) groups excluding carboxylic acids is 1. The van der Waals surface area contributed by atoms with Crippen molar-refractivity contribution in [3.8, 4) is 17.0 Å². The van der Waals surface area contributed by atoms with Gasteiger partial charge in [-0.2, -0.15) is 0 Å². The average Bonchev–Trinajstić information content (AvgIpc) is 3.15.